The van der Waals surface area contributed by atoms with Crippen molar-refractivity contribution < 1.29 is 17.6 Å². The smallest absolute Gasteiger partial charge is 0.287 e. The van der Waals surface area contributed by atoms with Gasteiger partial charge in [0.05, 0.1) is 0 Å². The molecule has 0 bridgehead atoms. The van der Waals surface area contributed by atoms with Crippen LogP contribution in [0.3, 0.4) is 0 Å². The second kappa shape index (κ2) is 6.76. The number of nitrogens with zero attached hydrogens (tertiary/aromatic N) is 2. The molecule has 0 aromatic carbocycles. The van der Waals surface area contributed by atoms with E-state index in [2.05, 4.69) is 10.3 Å². The highest BCUT2D eigenvalue weighted by Gasteiger charge is 2.45. The first-order valence-corrected chi connectivity index (χ1v) is 10.7. The van der Waals surface area contributed by atoms with Gasteiger partial charge in [-0.2, -0.15) is 4.31 Å². The Morgan fingerprint density at radius 2 is 2.04 bits per heavy atom. The van der Waals surface area contributed by atoms with Gasteiger partial charge in [-0.05, 0) is 44.7 Å². The Bertz CT molecular complexity index is 943. The first kappa shape index (κ1) is 18.2. The predicted molar refractivity (Wildman–Crippen MR) is 98.9 cm³/mol. The molecule has 1 saturated carbocycles. The maximum absolute atomic E-state index is 12.7. The zero-order valence-corrected chi connectivity index (χ0v) is 16.1. The molecule has 1 saturated heterocycles. The molecule has 3 heterocycles. The van der Waals surface area contributed by atoms with Gasteiger partial charge in [-0.1, -0.05) is 6.07 Å². The molecule has 1 N–H and O–H groups in total. The predicted octanol–water partition coefficient (Wildman–Crippen LogP) is 2.23. The van der Waals surface area contributed by atoms with Gasteiger partial charge in [0.2, 0.25) is 10.0 Å². The number of rotatable bonds is 6. The average Bonchev–Trinajstić information content (AvgIpc) is 3.07. The molecule has 1 aliphatic heterocycles. The van der Waals surface area contributed by atoms with E-state index in [0.29, 0.717) is 19.6 Å². The molecule has 144 valence electrons. The van der Waals surface area contributed by atoms with E-state index >= 15 is 0 Å². The number of furan rings is 1. The first-order valence-electron chi connectivity index (χ1n) is 9.23. The highest BCUT2D eigenvalue weighted by Crippen LogP contribution is 2.46. The molecule has 0 spiro atoms. The molecule has 2 fully saturated rings. The monoisotopic (exact) mass is 389 g/mol. The Balaban J connectivity index is 1.47. The summed E-state index contributed by atoms with van der Waals surface area (Å²) < 4.78 is 32.4. The van der Waals surface area contributed by atoms with Crippen LogP contribution in [-0.4, -0.2) is 43.2 Å². The van der Waals surface area contributed by atoms with Gasteiger partial charge < -0.3 is 9.73 Å². The number of hydrogen-bond donors (Lipinski definition) is 1. The molecule has 2 aromatic rings. The molecule has 0 radical (unpaired) electrons. The van der Waals surface area contributed by atoms with Gasteiger partial charge in [-0.3, -0.25) is 9.78 Å². The summed E-state index contributed by atoms with van der Waals surface area (Å²) in [6.45, 7) is 3.06. The van der Waals surface area contributed by atoms with Gasteiger partial charge in [-0.15, -0.1) is 0 Å². The van der Waals surface area contributed by atoms with Crippen LogP contribution >= 0.6 is 0 Å². The number of aromatic nitrogens is 1. The first-order chi connectivity index (χ1) is 12.9. The highest BCUT2D eigenvalue weighted by atomic mass is 32.2. The van der Waals surface area contributed by atoms with Crippen LogP contribution in [0.4, 0.5) is 0 Å². The van der Waals surface area contributed by atoms with Crippen molar-refractivity contribution in [3.63, 3.8) is 0 Å². The molecule has 1 amide bonds. The zero-order valence-electron chi connectivity index (χ0n) is 15.3. The minimum atomic E-state index is -3.61. The van der Waals surface area contributed by atoms with Gasteiger partial charge in [0.15, 0.2) is 5.76 Å². The molecule has 27 heavy (non-hydrogen) atoms. The number of carbonyl (C=O) groups excluding carboxylic acids is 1. The minimum Gasteiger partial charge on any atom is -0.455 e. The molecule has 0 atom stereocenters. The van der Waals surface area contributed by atoms with Gasteiger partial charge in [-0.25, -0.2) is 8.42 Å². The summed E-state index contributed by atoms with van der Waals surface area (Å²) in [4.78, 5) is 17.0. The second-order valence-electron chi connectivity index (χ2n) is 7.32. The van der Waals surface area contributed by atoms with Gasteiger partial charge in [0.1, 0.15) is 10.7 Å². The number of hydrogen-bond acceptors (Lipinski definition) is 5. The lowest BCUT2D eigenvalue weighted by molar-refractivity contribution is 0.0920. The van der Waals surface area contributed by atoms with Crippen LogP contribution in [0.1, 0.15) is 47.7 Å². The molecule has 0 unspecified atom stereocenters. The van der Waals surface area contributed by atoms with E-state index in [9.17, 15) is 13.2 Å². The maximum Gasteiger partial charge on any atom is 0.287 e. The Morgan fingerprint density at radius 3 is 2.67 bits per heavy atom. The Hall–Kier alpha value is -2.19. The van der Waals surface area contributed by atoms with E-state index in [1.165, 1.54) is 10.4 Å². The fourth-order valence-electron chi connectivity index (χ4n) is 3.59. The van der Waals surface area contributed by atoms with Crippen LogP contribution in [0.15, 0.2) is 39.8 Å². The third kappa shape index (κ3) is 3.39. The standard InChI is InChI=1S/C19H23N3O4S/c1-14-16(27(24,25)22-10-4-5-11-22)12-15(26-14)18(23)21-13-19(7-8-19)17-6-2-3-9-20-17/h2-3,6,9,12H,4-5,7-8,10-11,13H2,1H3,(H,21,23). The molecule has 7 nitrogen and oxygen atoms in total. The number of aryl methyl sites for hydroxylation is 1. The van der Waals surface area contributed by atoms with E-state index in [-0.39, 0.29) is 21.8 Å². The molecule has 2 aliphatic rings. The summed E-state index contributed by atoms with van der Waals surface area (Å²) in [5.41, 5.74) is 0.849. The average molecular weight is 389 g/mol. The van der Waals surface area contributed by atoms with Crippen molar-refractivity contribution in [1.82, 2.24) is 14.6 Å². The summed E-state index contributed by atoms with van der Waals surface area (Å²) in [6.07, 6.45) is 5.41. The van der Waals surface area contributed by atoms with Gasteiger partial charge in [0, 0.05) is 43.0 Å². The minimum absolute atomic E-state index is 0.0297. The Labute approximate surface area is 158 Å². The number of pyridine rings is 1. The third-order valence-corrected chi connectivity index (χ3v) is 7.43. The summed E-state index contributed by atoms with van der Waals surface area (Å²) in [5, 5.41) is 2.88. The Kier molecular flexibility index (Phi) is 4.55. The molecule has 8 heteroatoms. The van der Waals surface area contributed by atoms with Crippen LogP contribution in [0, 0.1) is 6.92 Å². The lowest BCUT2D eigenvalue weighted by atomic mass is 10.0. The normalized spacial score (nSPS) is 19.1. The summed E-state index contributed by atoms with van der Waals surface area (Å²) in [6, 6.07) is 7.12. The summed E-state index contributed by atoms with van der Waals surface area (Å²) in [5.74, 6) is -0.122. The van der Waals surface area contributed by atoms with Gasteiger partial charge >= 0.3 is 0 Å². The van der Waals surface area contributed by atoms with Crippen LogP contribution < -0.4 is 5.32 Å². The van der Waals surface area contributed by atoms with Crippen molar-refractivity contribution in [2.24, 2.45) is 0 Å². The fourth-order valence-corrected chi connectivity index (χ4v) is 5.27. The maximum atomic E-state index is 12.7. The van der Waals surface area contributed by atoms with Crippen LogP contribution in [0.2, 0.25) is 0 Å². The Morgan fingerprint density at radius 1 is 1.30 bits per heavy atom. The molecule has 4 rings (SSSR count). The number of carbonyl (C=O) groups is 1. The SMILES string of the molecule is Cc1oc(C(=O)NCC2(c3ccccn3)CC2)cc1S(=O)(=O)N1CCCC1. The van der Waals surface area contributed by atoms with Gasteiger partial charge in [0.25, 0.3) is 5.91 Å². The van der Waals surface area contributed by atoms with E-state index in [1.807, 2.05) is 18.2 Å². The molecular weight excluding hydrogens is 366 g/mol. The number of nitrogens with one attached hydrogen (secondary N) is 1. The lowest BCUT2D eigenvalue weighted by Crippen LogP contribution is -2.32. The van der Waals surface area contributed by atoms with E-state index < -0.39 is 15.9 Å². The molecule has 1 aliphatic carbocycles. The van der Waals surface area contributed by atoms with E-state index in [1.54, 1.807) is 13.1 Å². The number of amides is 1. The number of sulfonamides is 1. The largest absolute Gasteiger partial charge is 0.455 e. The van der Waals surface area contributed by atoms with Crippen LogP contribution in [0.25, 0.3) is 0 Å². The molecular formula is C19H23N3O4S. The third-order valence-electron chi connectivity index (χ3n) is 5.43. The van der Waals surface area contributed by atoms with Crippen molar-refractivity contribution in [2.45, 2.75) is 42.9 Å². The van der Waals surface area contributed by atoms with Crippen molar-refractivity contribution in [1.29, 1.82) is 0 Å². The lowest BCUT2D eigenvalue weighted by Gasteiger charge is -2.14. The van der Waals surface area contributed by atoms with Crippen molar-refractivity contribution >= 4 is 15.9 Å². The van der Waals surface area contributed by atoms with E-state index in [0.717, 1.165) is 31.4 Å². The zero-order chi connectivity index (χ0) is 19.1. The molecule has 2 aromatic heterocycles. The van der Waals surface area contributed by atoms with E-state index in [4.69, 9.17) is 4.42 Å². The fraction of sp³-hybridized carbons (Fsp3) is 0.474. The van der Waals surface area contributed by atoms with Crippen molar-refractivity contribution in [3.8, 4) is 0 Å². The summed E-state index contributed by atoms with van der Waals surface area (Å²) >= 11 is 0. The summed E-state index contributed by atoms with van der Waals surface area (Å²) in [7, 11) is -3.61. The van der Waals surface area contributed by atoms with Crippen molar-refractivity contribution in [2.75, 3.05) is 19.6 Å². The second-order valence-corrected chi connectivity index (χ2v) is 9.23. The van der Waals surface area contributed by atoms with Crippen LogP contribution in [0.5, 0.6) is 0 Å². The topological polar surface area (TPSA) is 92.5 Å². The quantitative estimate of drug-likeness (QED) is 0.818. The van der Waals surface area contributed by atoms with Crippen LogP contribution in [-0.2, 0) is 15.4 Å². The van der Waals surface area contributed by atoms with Crippen molar-refractivity contribution in [3.05, 3.63) is 47.7 Å². The highest BCUT2D eigenvalue weighted by molar-refractivity contribution is 7.89.